The van der Waals surface area contributed by atoms with Crippen molar-refractivity contribution >= 4 is 21.4 Å². The van der Waals surface area contributed by atoms with E-state index in [9.17, 15) is 8.42 Å². The lowest BCUT2D eigenvalue weighted by atomic mass is 10.3. The summed E-state index contributed by atoms with van der Waals surface area (Å²) in [5.41, 5.74) is 6.46. The molecule has 0 amide bonds. The standard InChI is InChI=1S/C13H25N3O2S2/c1-6-16(11(3)8-15(4)5)20(17,18)13-10(2)9-19-12(13)7-14/h9,11H,6-8,14H2,1-5H3. The first kappa shape index (κ1) is 17.6. The van der Waals surface area contributed by atoms with Gasteiger partial charge in [0.15, 0.2) is 0 Å². The Morgan fingerprint density at radius 2 is 2.00 bits per heavy atom. The Hall–Kier alpha value is -0.470. The molecular formula is C13H25N3O2S2. The molecule has 0 saturated carbocycles. The van der Waals surface area contributed by atoms with Crippen molar-refractivity contribution < 1.29 is 8.42 Å². The van der Waals surface area contributed by atoms with Crippen LogP contribution in [0.3, 0.4) is 0 Å². The lowest BCUT2D eigenvalue weighted by Crippen LogP contribution is -2.43. The second-order valence-electron chi connectivity index (χ2n) is 5.19. The van der Waals surface area contributed by atoms with Crippen LogP contribution < -0.4 is 5.73 Å². The number of hydrogen-bond acceptors (Lipinski definition) is 5. The summed E-state index contributed by atoms with van der Waals surface area (Å²) < 4.78 is 27.4. The van der Waals surface area contributed by atoms with Crippen molar-refractivity contribution in [1.29, 1.82) is 0 Å². The Balaban J connectivity index is 3.21. The highest BCUT2D eigenvalue weighted by Crippen LogP contribution is 2.30. The van der Waals surface area contributed by atoms with E-state index in [0.29, 0.717) is 18.0 Å². The minimum Gasteiger partial charge on any atom is -0.326 e. The average molecular weight is 319 g/mol. The summed E-state index contributed by atoms with van der Waals surface area (Å²) in [5.74, 6) is 0. The van der Waals surface area contributed by atoms with Gasteiger partial charge in [0.2, 0.25) is 10.0 Å². The van der Waals surface area contributed by atoms with Gasteiger partial charge in [-0.1, -0.05) is 6.92 Å². The van der Waals surface area contributed by atoms with E-state index >= 15 is 0 Å². The van der Waals surface area contributed by atoms with Gasteiger partial charge in [-0.15, -0.1) is 11.3 Å². The molecule has 0 bridgehead atoms. The fourth-order valence-electron chi connectivity index (χ4n) is 2.43. The van der Waals surface area contributed by atoms with Gasteiger partial charge in [0, 0.05) is 30.6 Å². The lowest BCUT2D eigenvalue weighted by Gasteiger charge is -2.29. The van der Waals surface area contributed by atoms with E-state index in [1.165, 1.54) is 11.3 Å². The van der Waals surface area contributed by atoms with Crippen LogP contribution in [0.15, 0.2) is 10.3 Å². The first-order valence-electron chi connectivity index (χ1n) is 6.69. The van der Waals surface area contributed by atoms with Crippen LogP contribution in [-0.2, 0) is 16.6 Å². The van der Waals surface area contributed by atoms with E-state index in [4.69, 9.17) is 5.73 Å². The summed E-state index contributed by atoms with van der Waals surface area (Å²) in [4.78, 5) is 3.13. The maximum Gasteiger partial charge on any atom is 0.244 e. The van der Waals surface area contributed by atoms with Gasteiger partial charge in [0.1, 0.15) is 4.90 Å². The van der Waals surface area contributed by atoms with Crippen LogP contribution in [0.2, 0.25) is 0 Å². The van der Waals surface area contributed by atoms with Crippen LogP contribution in [0.4, 0.5) is 0 Å². The van der Waals surface area contributed by atoms with Crippen molar-refractivity contribution in [2.75, 3.05) is 27.2 Å². The molecule has 7 heteroatoms. The van der Waals surface area contributed by atoms with Crippen LogP contribution in [0, 0.1) is 6.92 Å². The van der Waals surface area contributed by atoms with Crippen LogP contribution >= 0.6 is 11.3 Å². The highest BCUT2D eigenvalue weighted by Gasteiger charge is 2.31. The maximum absolute atomic E-state index is 12.9. The molecule has 0 aromatic carbocycles. The third-order valence-corrected chi connectivity index (χ3v) is 6.75. The van der Waals surface area contributed by atoms with Crippen molar-refractivity contribution in [3.8, 4) is 0 Å². The average Bonchev–Trinajstić information content (AvgIpc) is 2.70. The van der Waals surface area contributed by atoms with E-state index in [-0.39, 0.29) is 12.6 Å². The third kappa shape index (κ3) is 3.59. The molecule has 5 nitrogen and oxygen atoms in total. The molecule has 1 aromatic rings. The molecule has 1 unspecified atom stereocenters. The molecule has 20 heavy (non-hydrogen) atoms. The van der Waals surface area contributed by atoms with Gasteiger partial charge in [0.05, 0.1) is 0 Å². The van der Waals surface area contributed by atoms with E-state index in [0.717, 1.165) is 10.4 Å². The van der Waals surface area contributed by atoms with Crippen molar-refractivity contribution in [2.24, 2.45) is 5.73 Å². The molecule has 2 N–H and O–H groups in total. The van der Waals surface area contributed by atoms with Crippen LogP contribution in [0.1, 0.15) is 24.3 Å². The van der Waals surface area contributed by atoms with E-state index < -0.39 is 10.0 Å². The van der Waals surface area contributed by atoms with E-state index in [1.807, 2.05) is 45.1 Å². The van der Waals surface area contributed by atoms with Gasteiger partial charge in [0.25, 0.3) is 0 Å². The molecule has 1 atom stereocenters. The Morgan fingerprint density at radius 3 is 2.45 bits per heavy atom. The van der Waals surface area contributed by atoms with E-state index in [2.05, 4.69) is 0 Å². The number of rotatable bonds is 7. The van der Waals surface area contributed by atoms with Crippen molar-refractivity contribution in [3.05, 3.63) is 15.8 Å². The summed E-state index contributed by atoms with van der Waals surface area (Å²) in [5, 5.41) is 1.86. The highest BCUT2D eigenvalue weighted by molar-refractivity contribution is 7.89. The maximum atomic E-state index is 12.9. The molecule has 0 spiro atoms. The van der Waals surface area contributed by atoms with Gasteiger partial charge < -0.3 is 10.6 Å². The molecule has 0 fully saturated rings. The zero-order valence-electron chi connectivity index (χ0n) is 12.9. The second-order valence-corrected chi connectivity index (χ2v) is 7.99. The van der Waals surface area contributed by atoms with Gasteiger partial charge in [-0.25, -0.2) is 8.42 Å². The fourth-order valence-corrected chi connectivity index (χ4v) is 5.72. The number of nitrogens with two attached hydrogens (primary N) is 1. The molecule has 116 valence electrons. The SMILES string of the molecule is CCN(C(C)CN(C)C)S(=O)(=O)c1c(C)csc1CN. The molecule has 1 aromatic heterocycles. The number of hydrogen-bond donors (Lipinski definition) is 1. The topological polar surface area (TPSA) is 66.6 Å². The highest BCUT2D eigenvalue weighted by atomic mass is 32.2. The summed E-state index contributed by atoms with van der Waals surface area (Å²) in [6, 6.07) is -0.0788. The minimum atomic E-state index is -3.49. The molecule has 0 saturated heterocycles. The number of thiophene rings is 1. The van der Waals surface area contributed by atoms with Crippen LogP contribution in [-0.4, -0.2) is 50.8 Å². The van der Waals surface area contributed by atoms with Gasteiger partial charge >= 0.3 is 0 Å². The smallest absolute Gasteiger partial charge is 0.244 e. The number of nitrogens with zero attached hydrogens (tertiary/aromatic N) is 2. The monoisotopic (exact) mass is 319 g/mol. The Labute approximate surface area is 126 Å². The van der Waals surface area contributed by atoms with Gasteiger partial charge in [-0.05, 0) is 38.9 Å². The van der Waals surface area contributed by atoms with Crippen molar-refractivity contribution in [2.45, 2.75) is 38.3 Å². The Morgan fingerprint density at radius 1 is 1.40 bits per heavy atom. The fraction of sp³-hybridized carbons (Fsp3) is 0.692. The summed E-state index contributed by atoms with van der Waals surface area (Å²) >= 11 is 1.42. The number of likely N-dealkylation sites (N-methyl/N-ethyl adjacent to an activating group) is 2. The lowest BCUT2D eigenvalue weighted by molar-refractivity contribution is 0.271. The molecule has 0 aliphatic heterocycles. The van der Waals surface area contributed by atoms with Gasteiger partial charge in [-0.2, -0.15) is 4.31 Å². The molecule has 0 aliphatic rings. The molecule has 1 heterocycles. The van der Waals surface area contributed by atoms with Gasteiger partial charge in [-0.3, -0.25) is 0 Å². The molecular weight excluding hydrogens is 294 g/mol. The first-order valence-corrected chi connectivity index (χ1v) is 9.01. The van der Waals surface area contributed by atoms with E-state index in [1.54, 1.807) is 4.31 Å². The largest absolute Gasteiger partial charge is 0.326 e. The summed E-state index contributed by atoms with van der Waals surface area (Å²) in [6.45, 7) is 7.03. The zero-order chi connectivity index (χ0) is 15.5. The predicted octanol–water partition coefficient (Wildman–Crippen LogP) is 1.48. The molecule has 0 radical (unpaired) electrons. The summed E-state index contributed by atoms with van der Waals surface area (Å²) in [7, 11) is 0.396. The minimum absolute atomic E-state index is 0.0788. The predicted molar refractivity (Wildman–Crippen MR) is 84.5 cm³/mol. The van der Waals surface area contributed by atoms with Crippen LogP contribution in [0.25, 0.3) is 0 Å². The number of aryl methyl sites for hydroxylation is 1. The van der Waals surface area contributed by atoms with Crippen molar-refractivity contribution in [1.82, 2.24) is 9.21 Å². The Bertz CT molecular complexity index is 538. The Kier molecular flexibility index (Phi) is 6.15. The third-order valence-electron chi connectivity index (χ3n) is 3.17. The normalized spacial score (nSPS) is 14.2. The number of sulfonamides is 1. The first-order chi connectivity index (χ1) is 9.25. The molecule has 0 aliphatic carbocycles. The summed E-state index contributed by atoms with van der Waals surface area (Å²) in [6.07, 6.45) is 0. The van der Waals surface area contributed by atoms with Crippen molar-refractivity contribution in [3.63, 3.8) is 0 Å². The van der Waals surface area contributed by atoms with Crippen LogP contribution in [0.5, 0.6) is 0 Å². The molecule has 1 rings (SSSR count). The quantitative estimate of drug-likeness (QED) is 0.826. The zero-order valence-corrected chi connectivity index (χ0v) is 14.5. The second kappa shape index (κ2) is 7.00.